The fourth-order valence-corrected chi connectivity index (χ4v) is 3.82. The summed E-state index contributed by atoms with van der Waals surface area (Å²) < 4.78 is 7.23. The van der Waals surface area contributed by atoms with Crippen molar-refractivity contribution in [1.82, 2.24) is 0 Å². The van der Waals surface area contributed by atoms with E-state index >= 15 is 0 Å². The van der Waals surface area contributed by atoms with Gasteiger partial charge in [0.2, 0.25) is 0 Å². The fraction of sp³-hybridized carbons (Fsp3) is 0.294. The summed E-state index contributed by atoms with van der Waals surface area (Å²) in [6.45, 7) is 4.11. The second-order valence-electron chi connectivity index (χ2n) is 5.81. The topological polar surface area (TPSA) is 35.2 Å². The Morgan fingerprint density at radius 3 is 2.76 bits per heavy atom. The van der Waals surface area contributed by atoms with Gasteiger partial charge >= 0.3 is 0 Å². The molecule has 0 saturated heterocycles. The standard InChI is InChI=1S/C17H17BrClNO/c1-10-3-6-16-12(7-10)15(20)9-17(2,21-16)13-5-4-11(18)8-14(13)19/h3-8,15H,9,20H2,1-2H3/t15-,17?/m0/s1. The Bertz CT molecular complexity index is 703. The molecule has 0 aliphatic carbocycles. The van der Waals surface area contributed by atoms with Crippen molar-refractivity contribution in [2.24, 2.45) is 5.73 Å². The van der Waals surface area contributed by atoms with Gasteiger partial charge in [0.1, 0.15) is 11.4 Å². The first-order valence-electron chi connectivity index (χ1n) is 6.90. The summed E-state index contributed by atoms with van der Waals surface area (Å²) in [5, 5.41) is 0.689. The average Bonchev–Trinajstić information content (AvgIpc) is 2.39. The third-order valence-corrected chi connectivity index (χ3v) is 4.82. The van der Waals surface area contributed by atoms with Gasteiger partial charge in [0, 0.05) is 33.1 Å². The summed E-state index contributed by atoms with van der Waals surface area (Å²) in [5.74, 6) is 0.848. The molecule has 1 aliphatic rings. The zero-order valence-electron chi connectivity index (χ0n) is 12.0. The molecular weight excluding hydrogens is 350 g/mol. The summed E-state index contributed by atoms with van der Waals surface area (Å²) >= 11 is 9.84. The molecule has 1 unspecified atom stereocenters. The van der Waals surface area contributed by atoms with E-state index in [1.165, 1.54) is 5.56 Å². The van der Waals surface area contributed by atoms with Crippen molar-refractivity contribution in [3.8, 4) is 5.75 Å². The summed E-state index contributed by atoms with van der Waals surface area (Å²) in [7, 11) is 0. The van der Waals surface area contributed by atoms with Gasteiger partial charge < -0.3 is 10.5 Å². The van der Waals surface area contributed by atoms with Crippen LogP contribution in [0.4, 0.5) is 0 Å². The molecule has 0 bridgehead atoms. The molecular formula is C17H17BrClNO. The Labute approximate surface area is 138 Å². The van der Waals surface area contributed by atoms with E-state index in [-0.39, 0.29) is 6.04 Å². The summed E-state index contributed by atoms with van der Waals surface area (Å²) in [4.78, 5) is 0. The Morgan fingerprint density at radius 2 is 2.05 bits per heavy atom. The first kappa shape index (κ1) is 14.9. The molecule has 2 atom stereocenters. The second kappa shape index (κ2) is 5.31. The molecule has 0 fully saturated rings. The molecule has 2 aromatic carbocycles. The van der Waals surface area contributed by atoms with E-state index in [9.17, 15) is 0 Å². The van der Waals surface area contributed by atoms with Crippen LogP contribution in [0.3, 0.4) is 0 Å². The molecule has 2 aromatic rings. The van der Waals surface area contributed by atoms with Gasteiger partial charge in [0.25, 0.3) is 0 Å². The van der Waals surface area contributed by atoms with E-state index in [2.05, 4.69) is 28.9 Å². The molecule has 21 heavy (non-hydrogen) atoms. The lowest BCUT2D eigenvalue weighted by molar-refractivity contribution is 0.0512. The number of fused-ring (bicyclic) bond motifs is 1. The van der Waals surface area contributed by atoms with Crippen LogP contribution in [0.1, 0.15) is 36.1 Å². The Morgan fingerprint density at radius 1 is 1.29 bits per heavy atom. The normalized spacial score (nSPS) is 24.3. The predicted octanol–water partition coefficient (Wildman–Crippen LogP) is 5.11. The minimum Gasteiger partial charge on any atom is -0.482 e. The van der Waals surface area contributed by atoms with Crippen molar-refractivity contribution in [3.05, 3.63) is 62.6 Å². The summed E-state index contributed by atoms with van der Waals surface area (Å²) in [6.07, 6.45) is 0.699. The minimum atomic E-state index is -0.514. The van der Waals surface area contributed by atoms with E-state index in [0.717, 1.165) is 21.3 Å². The third kappa shape index (κ3) is 2.70. The highest BCUT2D eigenvalue weighted by molar-refractivity contribution is 9.10. The monoisotopic (exact) mass is 365 g/mol. The first-order valence-corrected chi connectivity index (χ1v) is 8.07. The molecule has 2 nitrogen and oxygen atoms in total. The SMILES string of the molecule is Cc1ccc2c(c1)[C@@H](N)CC(C)(c1ccc(Br)cc1Cl)O2. The lowest BCUT2D eigenvalue weighted by Crippen LogP contribution is -2.38. The minimum absolute atomic E-state index is 0.0571. The zero-order chi connectivity index (χ0) is 15.2. The second-order valence-corrected chi connectivity index (χ2v) is 7.13. The van der Waals surface area contributed by atoms with Crippen LogP contribution in [0, 0.1) is 6.92 Å². The Hall–Kier alpha value is -1.03. The molecule has 0 amide bonds. The van der Waals surface area contributed by atoms with Gasteiger partial charge in [-0.3, -0.25) is 0 Å². The van der Waals surface area contributed by atoms with Gasteiger partial charge in [-0.05, 0) is 32.0 Å². The van der Waals surface area contributed by atoms with Gasteiger partial charge in [-0.2, -0.15) is 0 Å². The van der Waals surface area contributed by atoms with E-state index in [1.54, 1.807) is 0 Å². The van der Waals surface area contributed by atoms with Crippen LogP contribution in [-0.2, 0) is 5.60 Å². The molecule has 0 saturated carbocycles. The molecule has 4 heteroatoms. The quantitative estimate of drug-likeness (QED) is 0.761. The van der Waals surface area contributed by atoms with E-state index in [0.29, 0.717) is 11.4 Å². The van der Waals surface area contributed by atoms with Gasteiger partial charge in [0.05, 0.1) is 0 Å². The van der Waals surface area contributed by atoms with Crippen LogP contribution in [-0.4, -0.2) is 0 Å². The van der Waals surface area contributed by atoms with E-state index in [1.807, 2.05) is 37.3 Å². The molecule has 1 heterocycles. The van der Waals surface area contributed by atoms with Crippen molar-refractivity contribution in [1.29, 1.82) is 0 Å². The highest BCUT2D eigenvalue weighted by atomic mass is 79.9. The van der Waals surface area contributed by atoms with Gasteiger partial charge in [-0.25, -0.2) is 0 Å². The number of aryl methyl sites for hydroxylation is 1. The van der Waals surface area contributed by atoms with Crippen molar-refractivity contribution >= 4 is 27.5 Å². The lowest BCUT2D eigenvalue weighted by Gasteiger charge is -2.39. The largest absolute Gasteiger partial charge is 0.482 e. The number of ether oxygens (including phenoxy) is 1. The van der Waals surface area contributed by atoms with Crippen molar-refractivity contribution < 1.29 is 4.74 Å². The Kier molecular flexibility index (Phi) is 3.76. The molecule has 110 valence electrons. The molecule has 0 spiro atoms. The van der Waals surface area contributed by atoms with Crippen molar-refractivity contribution in [2.75, 3.05) is 0 Å². The van der Waals surface area contributed by atoms with Crippen molar-refractivity contribution in [3.63, 3.8) is 0 Å². The van der Waals surface area contributed by atoms with Crippen LogP contribution < -0.4 is 10.5 Å². The van der Waals surface area contributed by atoms with E-state index < -0.39 is 5.60 Å². The highest BCUT2D eigenvalue weighted by Gasteiger charge is 2.38. The highest BCUT2D eigenvalue weighted by Crippen LogP contribution is 2.45. The van der Waals surface area contributed by atoms with Gasteiger partial charge in [0.15, 0.2) is 0 Å². The van der Waals surface area contributed by atoms with Crippen molar-refractivity contribution in [2.45, 2.75) is 31.9 Å². The maximum atomic E-state index is 6.40. The summed E-state index contributed by atoms with van der Waals surface area (Å²) in [5.41, 5.74) is 9.09. The number of hydrogen-bond acceptors (Lipinski definition) is 2. The molecule has 0 radical (unpaired) electrons. The van der Waals surface area contributed by atoms with Crippen LogP contribution in [0.15, 0.2) is 40.9 Å². The van der Waals surface area contributed by atoms with Gasteiger partial charge in [-0.15, -0.1) is 0 Å². The number of nitrogens with two attached hydrogens (primary N) is 1. The number of rotatable bonds is 1. The maximum Gasteiger partial charge on any atom is 0.134 e. The van der Waals surface area contributed by atoms with Gasteiger partial charge in [-0.1, -0.05) is 51.3 Å². The average molecular weight is 367 g/mol. The van der Waals surface area contributed by atoms with Crippen LogP contribution >= 0.6 is 27.5 Å². The Balaban J connectivity index is 2.06. The van der Waals surface area contributed by atoms with Crippen LogP contribution in [0.2, 0.25) is 5.02 Å². The van der Waals surface area contributed by atoms with E-state index in [4.69, 9.17) is 22.1 Å². The lowest BCUT2D eigenvalue weighted by atomic mass is 9.83. The molecule has 0 aromatic heterocycles. The van der Waals surface area contributed by atoms with Crippen LogP contribution in [0.25, 0.3) is 0 Å². The molecule has 3 rings (SSSR count). The summed E-state index contributed by atoms with van der Waals surface area (Å²) in [6, 6.07) is 11.9. The van der Waals surface area contributed by atoms with Crippen LogP contribution in [0.5, 0.6) is 5.75 Å². The zero-order valence-corrected chi connectivity index (χ0v) is 14.3. The number of hydrogen-bond donors (Lipinski definition) is 1. The smallest absolute Gasteiger partial charge is 0.134 e. The molecule has 2 N–H and O–H groups in total. The molecule has 1 aliphatic heterocycles. The number of halogens is 2. The predicted molar refractivity (Wildman–Crippen MR) is 89.9 cm³/mol. The first-order chi connectivity index (χ1) is 9.89. The third-order valence-electron chi connectivity index (χ3n) is 4.01. The maximum absolute atomic E-state index is 6.40. The number of benzene rings is 2. The fourth-order valence-electron chi connectivity index (χ4n) is 2.95.